The molecule has 0 unspecified atom stereocenters. The molecule has 32 heavy (non-hydrogen) atoms. The van der Waals surface area contributed by atoms with Gasteiger partial charge in [0, 0.05) is 38.1 Å². The summed E-state index contributed by atoms with van der Waals surface area (Å²) in [5, 5.41) is 11.1. The molecule has 0 atom stereocenters. The zero-order valence-corrected chi connectivity index (χ0v) is 19.2. The van der Waals surface area contributed by atoms with Crippen LogP contribution in [0.15, 0.2) is 38.8 Å². The monoisotopic (exact) mass is 438 g/mol. The standard InChI is InChI=1S/C25H34N4O3/c1-27(2)19-15-13-18(14-16-19)26-17-22-23(30)28(20-9-5-3-6-10-20)25(32)29(24(22)31)21-11-7-4-8-12-21/h13-17,20-21,30H,3-12H2,1-2H3. The Morgan fingerprint density at radius 2 is 1.41 bits per heavy atom. The maximum absolute atomic E-state index is 13.5. The minimum absolute atomic E-state index is 0.0711. The van der Waals surface area contributed by atoms with E-state index in [9.17, 15) is 14.7 Å². The zero-order valence-electron chi connectivity index (χ0n) is 19.2. The molecule has 0 spiro atoms. The van der Waals surface area contributed by atoms with Crippen LogP contribution in [0, 0.1) is 0 Å². The summed E-state index contributed by atoms with van der Waals surface area (Å²) in [6, 6.07) is 7.48. The average Bonchev–Trinajstić information content (AvgIpc) is 2.80. The lowest BCUT2D eigenvalue weighted by Gasteiger charge is -2.29. The van der Waals surface area contributed by atoms with Gasteiger partial charge in [0.15, 0.2) is 0 Å². The van der Waals surface area contributed by atoms with Crippen LogP contribution in [0.5, 0.6) is 5.88 Å². The SMILES string of the molecule is CN(C)c1ccc(N=Cc2c(O)n(C3CCCCC3)c(=O)n(C3CCCCC3)c2=O)cc1. The Morgan fingerprint density at radius 3 is 1.94 bits per heavy atom. The van der Waals surface area contributed by atoms with Crippen LogP contribution in [-0.4, -0.2) is 34.6 Å². The molecule has 1 aromatic heterocycles. The van der Waals surface area contributed by atoms with Crippen LogP contribution in [0.25, 0.3) is 0 Å². The summed E-state index contributed by atoms with van der Waals surface area (Å²) < 4.78 is 2.88. The molecule has 2 aliphatic carbocycles. The van der Waals surface area contributed by atoms with Crippen LogP contribution in [-0.2, 0) is 0 Å². The minimum atomic E-state index is -0.430. The van der Waals surface area contributed by atoms with E-state index in [0.717, 1.165) is 69.9 Å². The third-order valence-electron chi connectivity index (χ3n) is 6.92. The topological polar surface area (TPSA) is 79.8 Å². The van der Waals surface area contributed by atoms with Crippen molar-refractivity contribution >= 4 is 17.6 Å². The van der Waals surface area contributed by atoms with Crippen LogP contribution in [0.2, 0.25) is 0 Å². The maximum atomic E-state index is 13.5. The van der Waals surface area contributed by atoms with Crippen molar-refractivity contribution in [3.63, 3.8) is 0 Å². The summed E-state index contributed by atoms with van der Waals surface area (Å²) in [4.78, 5) is 33.3. The van der Waals surface area contributed by atoms with Gasteiger partial charge in [-0.05, 0) is 49.9 Å². The van der Waals surface area contributed by atoms with E-state index in [4.69, 9.17) is 0 Å². The lowest BCUT2D eigenvalue weighted by atomic mass is 9.94. The first-order chi connectivity index (χ1) is 15.5. The van der Waals surface area contributed by atoms with Crippen molar-refractivity contribution in [2.24, 2.45) is 4.99 Å². The fourth-order valence-electron chi connectivity index (χ4n) is 5.07. The molecule has 0 aliphatic heterocycles. The molecule has 1 aromatic carbocycles. The highest BCUT2D eigenvalue weighted by atomic mass is 16.3. The summed E-state index contributed by atoms with van der Waals surface area (Å²) in [5.74, 6) is -0.243. The van der Waals surface area contributed by atoms with Crippen molar-refractivity contribution in [1.29, 1.82) is 0 Å². The van der Waals surface area contributed by atoms with Crippen molar-refractivity contribution in [2.45, 2.75) is 76.3 Å². The quantitative estimate of drug-likeness (QED) is 0.695. The first kappa shape index (κ1) is 22.4. The van der Waals surface area contributed by atoms with Gasteiger partial charge in [-0.15, -0.1) is 0 Å². The van der Waals surface area contributed by atoms with Crippen molar-refractivity contribution in [3.05, 3.63) is 50.7 Å². The summed E-state index contributed by atoms with van der Waals surface area (Å²) >= 11 is 0. The second kappa shape index (κ2) is 9.76. The minimum Gasteiger partial charge on any atom is -0.494 e. The summed E-state index contributed by atoms with van der Waals surface area (Å²) in [5.41, 5.74) is 1.06. The molecular formula is C25H34N4O3. The molecule has 172 valence electrons. The van der Waals surface area contributed by atoms with Gasteiger partial charge >= 0.3 is 5.69 Å². The summed E-state index contributed by atoms with van der Waals surface area (Å²) in [6.45, 7) is 0. The van der Waals surface area contributed by atoms with Crippen molar-refractivity contribution in [3.8, 4) is 5.88 Å². The smallest absolute Gasteiger partial charge is 0.334 e. The van der Waals surface area contributed by atoms with Gasteiger partial charge in [-0.3, -0.25) is 18.9 Å². The number of benzene rings is 1. The summed E-state index contributed by atoms with van der Waals surface area (Å²) in [6.07, 6.45) is 11.1. The van der Waals surface area contributed by atoms with E-state index in [-0.39, 0.29) is 29.2 Å². The molecule has 2 aliphatic rings. The van der Waals surface area contributed by atoms with Gasteiger partial charge in [-0.2, -0.15) is 0 Å². The molecule has 7 heteroatoms. The molecule has 1 N–H and O–H groups in total. The fraction of sp³-hybridized carbons (Fsp3) is 0.560. The molecule has 2 aromatic rings. The Kier molecular flexibility index (Phi) is 6.82. The third kappa shape index (κ3) is 4.52. The lowest BCUT2D eigenvalue weighted by molar-refractivity contribution is 0.271. The predicted octanol–water partition coefficient (Wildman–Crippen LogP) is 4.54. The number of nitrogens with zero attached hydrogens (tertiary/aromatic N) is 4. The van der Waals surface area contributed by atoms with E-state index in [1.54, 1.807) is 0 Å². The van der Waals surface area contributed by atoms with Crippen LogP contribution >= 0.6 is 0 Å². The van der Waals surface area contributed by atoms with E-state index < -0.39 is 5.56 Å². The second-order valence-corrected chi connectivity index (χ2v) is 9.32. The molecule has 0 saturated heterocycles. The predicted molar refractivity (Wildman–Crippen MR) is 129 cm³/mol. The largest absolute Gasteiger partial charge is 0.494 e. The molecule has 4 rings (SSSR count). The van der Waals surface area contributed by atoms with E-state index in [1.807, 2.05) is 43.3 Å². The van der Waals surface area contributed by atoms with Crippen molar-refractivity contribution in [2.75, 3.05) is 19.0 Å². The maximum Gasteiger partial charge on any atom is 0.334 e. The van der Waals surface area contributed by atoms with Gasteiger partial charge in [0.2, 0.25) is 5.88 Å². The molecular weight excluding hydrogens is 404 g/mol. The molecule has 2 fully saturated rings. The van der Waals surface area contributed by atoms with E-state index >= 15 is 0 Å². The van der Waals surface area contributed by atoms with Gasteiger partial charge in [0.1, 0.15) is 5.56 Å². The van der Waals surface area contributed by atoms with Crippen molar-refractivity contribution < 1.29 is 5.11 Å². The van der Waals surface area contributed by atoms with Gasteiger partial charge in [0.05, 0.1) is 5.69 Å². The number of anilines is 1. The highest BCUT2D eigenvalue weighted by molar-refractivity contribution is 5.84. The highest BCUT2D eigenvalue weighted by Crippen LogP contribution is 2.32. The van der Waals surface area contributed by atoms with Crippen LogP contribution in [0.1, 0.15) is 81.9 Å². The van der Waals surface area contributed by atoms with Gasteiger partial charge < -0.3 is 10.0 Å². The highest BCUT2D eigenvalue weighted by Gasteiger charge is 2.28. The fourth-order valence-corrected chi connectivity index (χ4v) is 5.07. The zero-order chi connectivity index (χ0) is 22.7. The van der Waals surface area contributed by atoms with Crippen LogP contribution < -0.4 is 16.1 Å². The van der Waals surface area contributed by atoms with Crippen LogP contribution in [0.3, 0.4) is 0 Å². The first-order valence-corrected chi connectivity index (χ1v) is 11.9. The average molecular weight is 439 g/mol. The number of aromatic hydroxyl groups is 1. The Bertz CT molecular complexity index is 1070. The normalized spacial score (nSPS) is 18.3. The number of aromatic nitrogens is 2. The Morgan fingerprint density at radius 1 is 0.875 bits per heavy atom. The Hall–Kier alpha value is -2.83. The Balaban J connectivity index is 1.79. The lowest BCUT2D eigenvalue weighted by Crippen LogP contribution is -2.45. The van der Waals surface area contributed by atoms with E-state index in [0.29, 0.717) is 5.69 Å². The Labute approximate surface area is 189 Å². The molecule has 0 amide bonds. The number of hydrogen-bond acceptors (Lipinski definition) is 5. The van der Waals surface area contributed by atoms with E-state index in [2.05, 4.69) is 4.99 Å². The number of rotatable bonds is 5. The third-order valence-corrected chi connectivity index (χ3v) is 6.92. The molecule has 2 saturated carbocycles. The molecule has 0 radical (unpaired) electrons. The van der Waals surface area contributed by atoms with Gasteiger partial charge in [0.25, 0.3) is 5.56 Å². The number of hydrogen-bond donors (Lipinski definition) is 1. The number of aliphatic imine (C=N–C) groups is 1. The molecule has 0 bridgehead atoms. The second-order valence-electron chi connectivity index (χ2n) is 9.32. The van der Waals surface area contributed by atoms with Crippen molar-refractivity contribution in [1.82, 2.24) is 9.13 Å². The first-order valence-electron chi connectivity index (χ1n) is 11.9. The molecule has 7 nitrogen and oxygen atoms in total. The van der Waals surface area contributed by atoms with Gasteiger partial charge in [-0.1, -0.05) is 38.5 Å². The summed E-state index contributed by atoms with van der Waals surface area (Å²) in [7, 11) is 3.94. The van der Waals surface area contributed by atoms with Crippen LogP contribution in [0.4, 0.5) is 11.4 Å². The molecule has 1 heterocycles. The van der Waals surface area contributed by atoms with E-state index in [1.165, 1.54) is 15.3 Å². The van der Waals surface area contributed by atoms with Gasteiger partial charge in [-0.25, -0.2) is 4.79 Å².